The minimum absolute atomic E-state index is 0.432. The van der Waals surface area contributed by atoms with Crippen LogP contribution in [0.1, 0.15) is 27.7 Å². The lowest BCUT2D eigenvalue weighted by Crippen LogP contribution is -2.47. The molecule has 8 N–H and O–H groups in total. The van der Waals surface area contributed by atoms with E-state index in [0.717, 1.165) is 0 Å². The van der Waals surface area contributed by atoms with Gasteiger partial charge in [0, 0.05) is 0 Å². The molecule has 0 aromatic rings. The van der Waals surface area contributed by atoms with Crippen molar-refractivity contribution in [2.45, 2.75) is 51.9 Å². The van der Waals surface area contributed by atoms with Crippen molar-refractivity contribution < 1.29 is 38.1 Å². The molecule has 0 radical (unpaired) electrons. The molecule has 12 nitrogen and oxygen atoms in total. The van der Waals surface area contributed by atoms with Crippen LogP contribution in [-0.4, -0.2) is 74.5 Å². The summed E-state index contributed by atoms with van der Waals surface area (Å²) in [6, 6.07) is -3.73. The Labute approximate surface area is 169 Å². The van der Waals surface area contributed by atoms with Crippen molar-refractivity contribution >= 4 is 23.9 Å². The molecule has 0 aromatic heterocycles. The normalized spacial score (nSPS) is 17.1. The topological polar surface area (TPSA) is 209 Å². The highest BCUT2D eigenvalue weighted by molar-refractivity contribution is 5.76. The zero-order valence-corrected chi connectivity index (χ0v) is 17.2. The van der Waals surface area contributed by atoms with Gasteiger partial charge in [-0.05, 0) is 27.7 Å². The van der Waals surface area contributed by atoms with Crippen LogP contribution in [0.2, 0.25) is 0 Å². The van der Waals surface area contributed by atoms with Gasteiger partial charge in [0.2, 0.25) is 0 Å². The maximum Gasteiger partial charge on any atom is 0.322 e. The van der Waals surface area contributed by atoms with Crippen molar-refractivity contribution in [3.8, 4) is 0 Å². The van der Waals surface area contributed by atoms with Crippen LogP contribution in [0.25, 0.3) is 0 Å². The van der Waals surface area contributed by atoms with Crippen molar-refractivity contribution in [3.05, 3.63) is 0 Å². The van der Waals surface area contributed by atoms with Crippen molar-refractivity contribution in [3.63, 3.8) is 0 Å². The van der Waals surface area contributed by atoms with Gasteiger partial charge in [0.25, 0.3) is 0 Å². The number of rotatable bonds is 12. The number of ether oxygens (including phenoxy) is 4. The van der Waals surface area contributed by atoms with Crippen LogP contribution in [0.15, 0.2) is 0 Å². The summed E-state index contributed by atoms with van der Waals surface area (Å²) in [5, 5.41) is 0. The van der Waals surface area contributed by atoms with Gasteiger partial charge in [-0.25, -0.2) is 0 Å². The summed E-state index contributed by atoms with van der Waals surface area (Å²) in [5.74, 6) is -3.04. The largest absolute Gasteiger partial charge is 0.464 e. The van der Waals surface area contributed by atoms with E-state index >= 15 is 0 Å². The molecule has 0 bridgehead atoms. The van der Waals surface area contributed by atoms with Crippen LogP contribution in [0.3, 0.4) is 0 Å². The highest BCUT2D eigenvalue weighted by atomic mass is 16.6. The number of hydrogen-bond acceptors (Lipinski definition) is 12. The summed E-state index contributed by atoms with van der Waals surface area (Å²) < 4.78 is 20.5. The first-order chi connectivity index (χ1) is 13.3. The molecular formula is C17H32N4O8. The van der Waals surface area contributed by atoms with Crippen LogP contribution in [-0.2, 0) is 38.1 Å². The van der Waals surface area contributed by atoms with E-state index in [1.54, 1.807) is 0 Å². The lowest BCUT2D eigenvalue weighted by atomic mass is 9.92. The van der Waals surface area contributed by atoms with Crippen LogP contribution in [0.5, 0.6) is 0 Å². The molecular weight excluding hydrogens is 388 g/mol. The van der Waals surface area contributed by atoms with E-state index in [1.165, 1.54) is 27.7 Å². The van der Waals surface area contributed by atoms with Crippen molar-refractivity contribution in [2.24, 2.45) is 28.3 Å². The van der Waals surface area contributed by atoms with Crippen LogP contribution < -0.4 is 22.9 Å². The molecule has 0 spiro atoms. The van der Waals surface area contributed by atoms with Crippen LogP contribution >= 0.6 is 0 Å². The van der Waals surface area contributed by atoms with E-state index in [4.69, 9.17) is 41.9 Å². The molecule has 0 aliphatic carbocycles. The van der Waals surface area contributed by atoms with Gasteiger partial charge in [-0.1, -0.05) is 0 Å². The number of carbonyl (C=O) groups is 4. The van der Waals surface area contributed by atoms with Crippen molar-refractivity contribution in [1.82, 2.24) is 0 Å². The quantitative estimate of drug-likeness (QED) is 0.191. The first-order valence-electron chi connectivity index (χ1n) is 9.00. The van der Waals surface area contributed by atoms with Gasteiger partial charge in [-0.2, -0.15) is 0 Å². The van der Waals surface area contributed by atoms with E-state index in [0.29, 0.717) is 0 Å². The Balaban J connectivity index is 5.58. The Morgan fingerprint density at radius 2 is 0.724 bits per heavy atom. The third-order valence-corrected chi connectivity index (χ3v) is 3.57. The second-order valence-corrected chi connectivity index (χ2v) is 7.09. The van der Waals surface area contributed by atoms with Gasteiger partial charge < -0.3 is 41.9 Å². The second-order valence-electron chi connectivity index (χ2n) is 7.09. The molecule has 0 aliphatic heterocycles. The first kappa shape index (κ1) is 26.7. The Morgan fingerprint density at radius 1 is 0.552 bits per heavy atom. The fourth-order valence-electron chi connectivity index (χ4n) is 1.67. The predicted octanol–water partition coefficient (Wildman–Crippen LogP) is -2.47. The average Bonchev–Trinajstić information content (AvgIpc) is 2.64. The maximum atomic E-state index is 11.8. The van der Waals surface area contributed by atoms with E-state index < -0.39 is 79.9 Å². The smallest absolute Gasteiger partial charge is 0.322 e. The fourth-order valence-corrected chi connectivity index (χ4v) is 1.67. The summed E-state index contributed by atoms with van der Waals surface area (Å²) >= 11 is 0. The summed E-state index contributed by atoms with van der Waals surface area (Å²) in [5.41, 5.74) is 20.5. The van der Waals surface area contributed by atoms with Gasteiger partial charge in [-0.15, -0.1) is 0 Å². The predicted molar refractivity (Wildman–Crippen MR) is 101 cm³/mol. The third-order valence-electron chi connectivity index (χ3n) is 3.57. The van der Waals surface area contributed by atoms with Crippen molar-refractivity contribution in [1.29, 1.82) is 0 Å². The lowest BCUT2D eigenvalue weighted by molar-refractivity contribution is -0.172. The number of nitrogens with two attached hydrogens (primary N) is 4. The maximum absolute atomic E-state index is 11.8. The number of esters is 4. The molecule has 0 amide bonds. The molecule has 0 rings (SSSR count). The molecule has 29 heavy (non-hydrogen) atoms. The minimum Gasteiger partial charge on any atom is -0.464 e. The number of hydrogen-bond donors (Lipinski definition) is 4. The van der Waals surface area contributed by atoms with Crippen molar-refractivity contribution in [2.75, 3.05) is 26.4 Å². The van der Waals surface area contributed by atoms with Gasteiger partial charge >= 0.3 is 23.9 Å². The molecule has 0 fully saturated rings. The lowest BCUT2D eigenvalue weighted by Gasteiger charge is -2.32. The van der Waals surface area contributed by atoms with Crippen LogP contribution in [0.4, 0.5) is 0 Å². The Hall–Kier alpha value is -2.28. The van der Waals surface area contributed by atoms with Crippen LogP contribution in [0, 0.1) is 5.41 Å². The first-order valence-corrected chi connectivity index (χ1v) is 9.00. The zero-order valence-electron chi connectivity index (χ0n) is 17.2. The van der Waals surface area contributed by atoms with E-state index in [2.05, 4.69) is 0 Å². The van der Waals surface area contributed by atoms with Gasteiger partial charge in [0.15, 0.2) is 0 Å². The SMILES string of the molecule is CC(N)C(=O)OCC(COC(=O)C(C)N)(COC(=O)C(C)N)COC(=O)C(C)N. The molecule has 0 aromatic carbocycles. The zero-order chi connectivity index (χ0) is 22.8. The third kappa shape index (κ3) is 10.2. The molecule has 0 heterocycles. The highest BCUT2D eigenvalue weighted by Crippen LogP contribution is 2.22. The van der Waals surface area contributed by atoms with Gasteiger partial charge in [0.05, 0.1) is 0 Å². The summed E-state index contributed by atoms with van der Waals surface area (Å²) in [4.78, 5) is 47.2. The molecule has 12 heteroatoms. The van der Waals surface area contributed by atoms with Gasteiger partial charge in [-0.3, -0.25) is 19.2 Å². The standard InChI is InChI=1S/C17H32N4O8/c1-9(18)13(22)26-5-17(6-27-14(23)10(2)19,7-28-15(24)11(3)20)8-29-16(25)12(4)21/h9-12H,5-8,18-21H2,1-4H3. The summed E-state index contributed by atoms with van der Waals surface area (Å²) in [6.45, 7) is 3.91. The fraction of sp³-hybridized carbons (Fsp3) is 0.765. The molecule has 4 unspecified atom stereocenters. The number of carbonyl (C=O) groups excluding carboxylic acids is 4. The summed E-state index contributed by atoms with van der Waals surface area (Å²) in [7, 11) is 0. The monoisotopic (exact) mass is 420 g/mol. The molecule has 0 aliphatic rings. The summed E-state index contributed by atoms with van der Waals surface area (Å²) in [6.07, 6.45) is 0. The Bertz CT molecular complexity index is 476. The van der Waals surface area contributed by atoms with E-state index in [1.807, 2.05) is 0 Å². The molecule has 4 atom stereocenters. The Morgan fingerprint density at radius 3 is 0.862 bits per heavy atom. The van der Waals surface area contributed by atoms with Gasteiger partial charge in [0.1, 0.15) is 56.0 Å². The van der Waals surface area contributed by atoms with E-state index in [-0.39, 0.29) is 0 Å². The molecule has 0 saturated heterocycles. The van der Waals surface area contributed by atoms with E-state index in [9.17, 15) is 19.2 Å². The molecule has 168 valence electrons. The minimum atomic E-state index is -1.43. The average molecular weight is 420 g/mol. The Kier molecular flexibility index (Phi) is 11.3. The molecule has 0 saturated carbocycles. The second kappa shape index (κ2) is 12.3. The highest BCUT2D eigenvalue weighted by Gasteiger charge is 2.39.